The van der Waals surface area contributed by atoms with Crippen LogP contribution >= 0.6 is 0 Å². The first kappa shape index (κ1) is 19.3. The van der Waals surface area contributed by atoms with Crippen molar-refractivity contribution in [3.8, 4) is 17.2 Å². The number of nitrogens with one attached hydrogen (secondary N) is 1. The molecule has 0 unspecified atom stereocenters. The lowest BCUT2D eigenvalue weighted by atomic mass is 10.3. The molecule has 2 aromatic rings. The molecule has 1 saturated heterocycles. The van der Waals surface area contributed by atoms with Crippen LogP contribution in [0.5, 0.6) is 17.2 Å². The number of benzene rings is 2. The molecule has 0 saturated carbocycles. The van der Waals surface area contributed by atoms with E-state index < -0.39 is 26.0 Å². The second kappa shape index (κ2) is 6.81. The molecule has 2 aliphatic rings. The third kappa shape index (κ3) is 3.44. The second-order valence-electron chi connectivity index (χ2n) is 6.23. The highest BCUT2D eigenvalue weighted by molar-refractivity contribution is 7.94. The van der Waals surface area contributed by atoms with E-state index >= 15 is 0 Å². The molecular formula is C17H16N2O8S2. The fraction of sp³-hybridized carbons (Fsp3) is 0.235. The first-order chi connectivity index (χ1) is 13.7. The highest BCUT2D eigenvalue weighted by Gasteiger charge is 2.37. The summed E-state index contributed by atoms with van der Waals surface area (Å²) in [7, 11) is -6.74. The van der Waals surface area contributed by atoms with Crippen LogP contribution in [0.3, 0.4) is 0 Å². The summed E-state index contributed by atoms with van der Waals surface area (Å²) in [5, 5.41) is 0. The molecule has 2 heterocycles. The Morgan fingerprint density at radius 1 is 1.10 bits per heavy atom. The largest absolute Gasteiger partial charge is 0.495 e. The lowest BCUT2D eigenvalue weighted by Crippen LogP contribution is -2.29. The van der Waals surface area contributed by atoms with Gasteiger partial charge in [-0.05, 0) is 30.3 Å². The molecule has 0 spiro atoms. The molecule has 0 bridgehead atoms. The van der Waals surface area contributed by atoms with Crippen LogP contribution in [0.15, 0.2) is 41.3 Å². The number of fused-ring (bicyclic) bond motifs is 1. The smallest absolute Gasteiger partial charge is 0.265 e. The first-order valence-electron chi connectivity index (χ1n) is 8.38. The fourth-order valence-corrected chi connectivity index (χ4v) is 5.73. The van der Waals surface area contributed by atoms with Gasteiger partial charge < -0.3 is 14.2 Å². The Balaban J connectivity index is 1.73. The van der Waals surface area contributed by atoms with Crippen LogP contribution in [0.4, 0.5) is 11.4 Å². The molecular weight excluding hydrogens is 424 g/mol. The Kier molecular flexibility index (Phi) is 4.54. The predicted molar refractivity (Wildman–Crippen MR) is 102 cm³/mol. The number of sulfonamides is 2. The van der Waals surface area contributed by atoms with Crippen molar-refractivity contribution in [3.63, 3.8) is 0 Å². The van der Waals surface area contributed by atoms with Gasteiger partial charge in [0, 0.05) is 12.5 Å². The number of methoxy groups -OCH3 is 1. The molecule has 10 nitrogen and oxygen atoms in total. The highest BCUT2D eigenvalue weighted by Crippen LogP contribution is 2.37. The molecule has 29 heavy (non-hydrogen) atoms. The van der Waals surface area contributed by atoms with Crippen molar-refractivity contribution in [1.29, 1.82) is 0 Å². The van der Waals surface area contributed by atoms with Gasteiger partial charge in [0.2, 0.25) is 22.7 Å². The summed E-state index contributed by atoms with van der Waals surface area (Å²) in [6.45, 7) is 0.0414. The number of amides is 1. The van der Waals surface area contributed by atoms with E-state index in [1.54, 1.807) is 6.07 Å². The van der Waals surface area contributed by atoms with E-state index in [0.717, 1.165) is 6.07 Å². The van der Waals surface area contributed by atoms with Crippen LogP contribution in [-0.2, 0) is 24.8 Å². The minimum Gasteiger partial charge on any atom is -0.495 e. The van der Waals surface area contributed by atoms with Crippen LogP contribution in [0, 0.1) is 0 Å². The lowest BCUT2D eigenvalue weighted by Gasteiger charge is -2.18. The molecule has 0 atom stereocenters. The van der Waals surface area contributed by atoms with Crippen LogP contribution in [-0.4, -0.2) is 42.4 Å². The van der Waals surface area contributed by atoms with Gasteiger partial charge in [-0.2, -0.15) is 0 Å². The van der Waals surface area contributed by atoms with Gasteiger partial charge in [-0.25, -0.2) is 21.1 Å². The number of anilines is 2. The van der Waals surface area contributed by atoms with Crippen molar-refractivity contribution in [2.75, 3.05) is 28.7 Å². The Bertz CT molecular complexity index is 1210. The molecule has 12 heteroatoms. The Labute approximate surface area is 167 Å². The Morgan fingerprint density at radius 3 is 2.55 bits per heavy atom. The normalized spacial score (nSPS) is 17.4. The predicted octanol–water partition coefficient (Wildman–Crippen LogP) is 1.29. The van der Waals surface area contributed by atoms with Crippen LogP contribution in [0.2, 0.25) is 0 Å². The summed E-state index contributed by atoms with van der Waals surface area (Å²) in [6.07, 6.45) is -0.161. The maximum Gasteiger partial charge on any atom is 0.265 e. The van der Waals surface area contributed by atoms with Crippen LogP contribution in [0.1, 0.15) is 6.42 Å². The van der Waals surface area contributed by atoms with E-state index in [2.05, 4.69) is 4.72 Å². The molecule has 1 fully saturated rings. The topological polar surface area (TPSA) is 128 Å². The molecule has 2 aliphatic heterocycles. The molecule has 0 radical (unpaired) electrons. The molecule has 2 aromatic carbocycles. The number of carbonyl (C=O) groups excluding carboxylic acids is 1. The van der Waals surface area contributed by atoms with E-state index in [4.69, 9.17) is 14.2 Å². The van der Waals surface area contributed by atoms with Gasteiger partial charge in [-0.1, -0.05) is 0 Å². The van der Waals surface area contributed by atoms with Crippen molar-refractivity contribution in [2.24, 2.45) is 0 Å². The summed E-state index contributed by atoms with van der Waals surface area (Å²) < 4.78 is 68.9. The number of hydrogen-bond donors (Lipinski definition) is 1. The second-order valence-corrected chi connectivity index (χ2v) is 9.82. The zero-order valence-electron chi connectivity index (χ0n) is 15.1. The van der Waals surface area contributed by atoms with E-state index in [1.165, 1.54) is 31.4 Å². The van der Waals surface area contributed by atoms with E-state index in [1.807, 2.05) is 0 Å². The maximum absolute atomic E-state index is 13.0. The summed E-state index contributed by atoms with van der Waals surface area (Å²) in [4.78, 5) is 11.7. The third-order valence-corrected chi connectivity index (χ3v) is 7.47. The van der Waals surface area contributed by atoms with Crippen molar-refractivity contribution >= 4 is 37.3 Å². The average Bonchev–Trinajstić information content (AvgIpc) is 3.24. The number of carbonyl (C=O) groups is 1. The van der Waals surface area contributed by atoms with Crippen molar-refractivity contribution in [3.05, 3.63) is 36.4 Å². The van der Waals surface area contributed by atoms with Gasteiger partial charge in [0.1, 0.15) is 10.6 Å². The van der Waals surface area contributed by atoms with Crippen LogP contribution in [0.25, 0.3) is 0 Å². The van der Waals surface area contributed by atoms with Gasteiger partial charge in [0.15, 0.2) is 11.5 Å². The van der Waals surface area contributed by atoms with Gasteiger partial charge in [-0.15, -0.1) is 0 Å². The molecule has 1 N–H and O–H groups in total. The zero-order valence-corrected chi connectivity index (χ0v) is 16.7. The summed E-state index contributed by atoms with van der Waals surface area (Å²) in [5.41, 5.74) is 0.144. The molecule has 0 aliphatic carbocycles. The lowest BCUT2D eigenvalue weighted by molar-refractivity contribution is -0.116. The minimum atomic E-state index is -4.18. The standard InChI is InChI=1S/C17H16N2O8S2/c1-25-14-5-3-12(19-17(20)6-7-28(19,21)22)9-16(14)29(23,24)18-11-2-4-13-15(8-11)27-10-26-13/h2-5,8-9,18H,6-7,10H2,1H3. The molecule has 1 amide bonds. The van der Waals surface area contributed by atoms with Gasteiger partial charge in [0.05, 0.1) is 24.2 Å². The summed E-state index contributed by atoms with van der Waals surface area (Å²) in [5.74, 6) is -0.0757. The molecule has 0 aromatic heterocycles. The van der Waals surface area contributed by atoms with Gasteiger partial charge in [-0.3, -0.25) is 9.52 Å². The third-order valence-electron chi connectivity index (χ3n) is 4.37. The number of hydrogen-bond acceptors (Lipinski definition) is 8. The van der Waals surface area contributed by atoms with Gasteiger partial charge in [0.25, 0.3) is 10.0 Å². The number of rotatable bonds is 5. The quantitative estimate of drug-likeness (QED) is 0.737. The van der Waals surface area contributed by atoms with Crippen molar-refractivity contribution in [2.45, 2.75) is 11.3 Å². The van der Waals surface area contributed by atoms with Crippen LogP contribution < -0.4 is 23.2 Å². The van der Waals surface area contributed by atoms with Gasteiger partial charge >= 0.3 is 0 Å². The van der Waals surface area contributed by atoms with Crippen molar-refractivity contribution < 1.29 is 35.8 Å². The average molecular weight is 440 g/mol. The first-order valence-corrected chi connectivity index (χ1v) is 11.5. The van der Waals surface area contributed by atoms with E-state index in [0.29, 0.717) is 15.8 Å². The highest BCUT2D eigenvalue weighted by atomic mass is 32.2. The minimum absolute atomic E-state index is 0.00830. The van der Waals surface area contributed by atoms with E-state index in [9.17, 15) is 21.6 Å². The number of nitrogens with zero attached hydrogens (tertiary/aromatic N) is 1. The maximum atomic E-state index is 13.0. The molecule has 154 valence electrons. The Morgan fingerprint density at radius 2 is 1.86 bits per heavy atom. The summed E-state index contributed by atoms with van der Waals surface area (Å²) >= 11 is 0. The fourth-order valence-electron chi connectivity index (χ4n) is 3.04. The summed E-state index contributed by atoms with van der Waals surface area (Å²) in [6, 6.07) is 8.22. The monoisotopic (exact) mass is 440 g/mol. The van der Waals surface area contributed by atoms with Crippen molar-refractivity contribution in [1.82, 2.24) is 0 Å². The zero-order chi connectivity index (χ0) is 20.8. The van der Waals surface area contributed by atoms with E-state index in [-0.39, 0.29) is 41.0 Å². The molecule has 4 rings (SSSR count). The number of ether oxygens (including phenoxy) is 3. The SMILES string of the molecule is COc1ccc(N2C(=O)CCS2(=O)=O)cc1S(=O)(=O)Nc1ccc2c(c1)OCO2. The Hall–Kier alpha value is -2.99.